The van der Waals surface area contributed by atoms with Crippen LogP contribution in [0.5, 0.6) is 0 Å². The summed E-state index contributed by atoms with van der Waals surface area (Å²) < 4.78 is 0.963. The van der Waals surface area contributed by atoms with E-state index >= 15 is 0 Å². The molecule has 2 aromatic rings. The van der Waals surface area contributed by atoms with E-state index in [2.05, 4.69) is 21.2 Å². The number of carbonyl (C=O) groups excluding carboxylic acids is 1. The molecule has 0 saturated heterocycles. The van der Waals surface area contributed by atoms with Crippen LogP contribution in [0.3, 0.4) is 0 Å². The van der Waals surface area contributed by atoms with Gasteiger partial charge in [0.2, 0.25) is 5.91 Å². The predicted molar refractivity (Wildman–Crippen MR) is 95.7 cm³/mol. The highest BCUT2D eigenvalue weighted by Crippen LogP contribution is 2.26. The topological polar surface area (TPSA) is 49.3 Å². The molecule has 0 spiro atoms. The Morgan fingerprint density at radius 3 is 2.91 bits per heavy atom. The highest BCUT2D eigenvalue weighted by atomic mass is 79.9. The molecular formula is C16H17BrClNO2S. The van der Waals surface area contributed by atoms with E-state index in [1.165, 1.54) is 0 Å². The molecule has 0 aliphatic carbocycles. The third-order valence-corrected chi connectivity index (χ3v) is 4.97. The maximum absolute atomic E-state index is 11.5. The number of hydrogen-bond donors (Lipinski definition) is 2. The molecule has 118 valence electrons. The van der Waals surface area contributed by atoms with E-state index in [-0.39, 0.29) is 11.8 Å². The number of aryl methyl sites for hydroxylation is 1. The van der Waals surface area contributed by atoms with Gasteiger partial charge in [0.15, 0.2) is 0 Å². The Hall–Kier alpha value is -0.880. The lowest BCUT2D eigenvalue weighted by Gasteiger charge is -2.12. The van der Waals surface area contributed by atoms with Crippen molar-refractivity contribution in [1.82, 2.24) is 0 Å². The number of anilines is 1. The van der Waals surface area contributed by atoms with Crippen molar-refractivity contribution in [3.63, 3.8) is 0 Å². The highest BCUT2D eigenvalue weighted by Gasteiger charge is 2.10. The van der Waals surface area contributed by atoms with Gasteiger partial charge in [-0.2, -0.15) is 0 Å². The zero-order valence-corrected chi connectivity index (χ0v) is 15.0. The fraction of sp³-hybridized carbons (Fsp3) is 0.312. The molecule has 0 saturated carbocycles. The van der Waals surface area contributed by atoms with Crippen LogP contribution in [0.15, 0.2) is 40.2 Å². The monoisotopic (exact) mass is 401 g/mol. The van der Waals surface area contributed by atoms with Crippen molar-refractivity contribution in [3.05, 3.63) is 50.6 Å². The van der Waals surface area contributed by atoms with E-state index in [4.69, 9.17) is 11.6 Å². The number of rotatable bonds is 7. The lowest BCUT2D eigenvalue weighted by Crippen LogP contribution is -2.14. The van der Waals surface area contributed by atoms with Gasteiger partial charge < -0.3 is 10.4 Å². The van der Waals surface area contributed by atoms with E-state index in [0.717, 1.165) is 33.4 Å². The van der Waals surface area contributed by atoms with Gasteiger partial charge in [-0.1, -0.05) is 22.0 Å². The molecule has 6 heteroatoms. The van der Waals surface area contributed by atoms with Crippen molar-refractivity contribution in [2.75, 3.05) is 11.2 Å². The van der Waals surface area contributed by atoms with Crippen LogP contribution in [-0.2, 0) is 11.2 Å². The number of hydrogen-bond acceptors (Lipinski definition) is 3. The van der Waals surface area contributed by atoms with Crippen LogP contribution in [0.25, 0.3) is 0 Å². The van der Waals surface area contributed by atoms with E-state index in [9.17, 15) is 9.90 Å². The Balaban J connectivity index is 1.96. The molecule has 22 heavy (non-hydrogen) atoms. The molecule has 0 aliphatic heterocycles. The normalized spacial score (nSPS) is 12.1. The Labute approximate surface area is 147 Å². The van der Waals surface area contributed by atoms with Gasteiger partial charge >= 0.3 is 0 Å². The molecule has 0 bridgehead atoms. The second-order valence-corrected chi connectivity index (χ2v) is 7.07. The average molecular weight is 403 g/mol. The Morgan fingerprint density at radius 2 is 2.23 bits per heavy atom. The Morgan fingerprint density at radius 1 is 1.41 bits per heavy atom. The SMILES string of the molecule is O=C(CCl)Nc1ccc(Br)cc1CCCC(O)c1cccs1. The summed E-state index contributed by atoms with van der Waals surface area (Å²) in [6.07, 6.45) is 1.88. The maximum atomic E-state index is 11.5. The fourth-order valence-corrected chi connectivity index (χ4v) is 3.41. The van der Waals surface area contributed by atoms with E-state index in [1.54, 1.807) is 11.3 Å². The first-order valence-electron chi connectivity index (χ1n) is 6.96. The second kappa shape index (κ2) is 8.67. The van der Waals surface area contributed by atoms with Gasteiger partial charge in [-0.05, 0) is 54.5 Å². The van der Waals surface area contributed by atoms with Crippen LogP contribution >= 0.6 is 38.9 Å². The van der Waals surface area contributed by atoms with Crippen molar-refractivity contribution >= 4 is 50.5 Å². The molecule has 0 aliphatic rings. The van der Waals surface area contributed by atoms with Gasteiger partial charge in [0, 0.05) is 15.0 Å². The summed E-state index contributed by atoms with van der Waals surface area (Å²) in [6, 6.07) is 9.62. The van der Waals surface area contributed by atoms with Crippen molar-refractivity contribution in [1.29, 1.82) is 0 Å². The van der Waals surface area contributed by atoms with Crippen molar-refractivity contribution in [2.45, 2.75) is 25.4 Å². The minimum absolute atomic E-state index is 0.0629. The fourth-order valence-electron chi connectivity index (χ4n) is 2.18. The van der Waals surface area contributed by atoms with Crippen LogP contribution in [0.4, 0.5) is 5.69 Å². The van der Waals surface area contributed by atoms with E-state index in [1.807, 2.05) is 35.7 Å². The zero-order chi connectivity index (χ0) is 15.9. The van der Waals surface area contributed by atoms with Gasteiger partial charge in [0.25, 0.3) is 0 Å². The van der Waals surface area contributed by atoms with Gasteiger partial charge in [-0.3, -0.25) is 4.79 Å². The standard InChI is InChI=1S/C16H17BrClNO2S/c17-12-6-7-13(19-16(21)10-18)11(9-12)3-1-4-14(20)15-5-2-8-22-15/h2,5-9,14,20H,1,3-4,10H2,(H,19,21). The summed E-state index contributed by atoms with van der Waals surface area (Å²) >= 11 is 10.5. The molecule has 1 atom stereocenters. The van der Waals surface area contributed by atoms with Crippen molar-refractivity contribution < 1.29 is 9.90 Å². The average Bonchev–Trinajstić information content (AvgIpc) is 3.04. The van der Waals surface area contributed by atoms with Crippen LogP contribution in [0.1, 0.15) is 29.4 Å². The number of nitrogens with one attached hydrogen (secondary N) is 1. The number of benzene rings is 1. The first kappa shape index (κ1) is 17.5. The van der Waals surface area contributed by atoms with Crippen LogP contribution in [-0.4, -0.2) is 16.9 Å². The van der Waals surface area contributed by atoms with Crippen LogP contribution < -0.4 is 5.32 Å². The summed E-state index contributed by atoms with van der Waals surface area (Å²) in [7, 11) is 0. The molecule has 2 N–H and O–H groups in total. The molecule has 1 aromatic heterocycles. The van der Waals surface area contributed by atoms with Gasteiger partial charge in [0.1, 0.15) is 5.88 Å². The van der Waals surface area contributed by atoms with Crippen molar-refractivity contribution in [3.8, 4) is 0 Å². The maximum Gasteiger partial charge on any atom is 0.239 e. The molecule has 3 nitrogen and oxygen atoms in total. The smallest absolute Gasteiger partial charge is 0.239 e. The zero-order valence-electron chi connectivity index (χ0n) is 11.9. The minimum atomic E-state index is -0.423. The minimum Gasteiger partial charge on any atom is -0.388 e. The molecule has 1 amide bonds. The van der Waals surface area contributed by atoms with E-state index in [0.29, 0.717) is 6.42 Å². The lowest BCUT2D eigenvalue weighted by molar-refractivity contribution is -0.113. The van der Waals surface area contributed by atoms with Gasteiger partial charge in [-0.25, -0.2) is 0 Å². The molecule has 2 rings (SSSR count). The Bertz CT molecular complexity index is 619. The third kappa shape index (κ3) is 5.09. The molecule has 1 aromatic carbocycles. The predicted octanol–water partition coefficient (Wildman–Crippen LogP) is 4.74. The van der Waals surface area contributed by atoms with Gasteiger partial charge in [-0.15, -0.1) is 22.9 Å². The first-order chi connectivity index (χ1) is 10.6. The summed E-state index contributed by atoms with van der Waals surface area (Å²) in [4.78, 5) is 12.5. The highest BCUT2D eigenvalue weighted by molar-refractivity contribution is 9.10. The Kier molecular flexibility index (Phi) is 6.89. The summed E-state index contributed by atoms with van der Waals surface area (Å²) in [5.41, 5.74) is 1.81. The molecule has 1 heterocycles. The molecule has 1 unspecified atom stereocenters. The van der Waals surface area contributed by atoms with Crippen LogP contribution in [0, 0.1) is 0 Å². The quantitative estimate of drug-likeness (QED) is 0.657. The number of aliphatic hydroxyl groups excluding tert-OH is 1. The third-order valence-electron chi connectivity index (χ3n) is 3.26. The number of alkyl halides is 1. The second-order valence-electron chi connectivity index (χ2n) is 4.91. The summed E-state index contributed by atoms with van der Waals surface area (Å²) in [6.45, 7) is 0. The number of carbonyl (C=O) groups is 1. The molecule has 0 fully saturated rings. The molecular weight excluding hydrogens is 386 g/mol. The molecule has 0 radical (unpaired) electrons. The lowest BCUT2D eigenvalue weighted by atomic mass is 10.0. The first-order valence-corrected chi connectivity index (χ1v) is 9.16. The van der Waals surface area contributed by atoms with Crippen molar-refractivity contribution in [2.24, 2.45) is 0 Å². The number of halogens is 2. The summed E-state index contributed by atoms with van der Waals surface area (Å²) in [5, 5.41) is 14.9. The van der Waals surface area contributed by atoms with Crippen LogP contribution in [0.2, 0.25) is 0 Å². The van der Waals surface area contributed by atoms with E-state index < -0.39 is 6.10 Å². The van der Waals surface area contributed by atoms with Gasteiger partial charge in [0.05, 0.1) is 6.10 Å². The number of amides is 1. The number of aliphatic hydroxyl groups is 1. The summed E-state index contributed by atoms with van der Waals surface area (Å²) in [5.74, 6) is -0.282. The largest absolute Gasteiger partial charge is 0.388 e. The number of thiophene rings is 1.